The van der Waals surface area contributed by atoms with Crippen molar-refractivity contribution >= 4 is 28.4 Å². The number of aromatic nitrogens is 6. The van der Waals surface area contributed by atoms with E-state index >= 15 is 0 Å². The molecule has 0 unspecified atom stereocenters. The van der Waals surface area contributed by atoms with Gasteiger partial charge in [-0.3, -0.25) is 9.89 Å². The molecule has 4 heterocycles. The number of alkyl halides is 2. The number of fused-ring (bicyclic) bond motifs is 1. The van der Waals surface area contributed by atoms with Crippen LogP contribution in [0.15, 0.2) is 67.3 Å². The van der Waals surface area contributed by atoms with Crippen LogP contribution in [0.4, 0.5) is 20.4 Å². The standard InChI is InChI=1S/C24H18F2N8O/c25-24(26)11-34(12-24)22(35)20-7-15-1-2-16(8-19(15)32-20)21-27-13-28-23(33-21)31-18-5-3-14(4-6-18)17-9-29-30-10-17/h1-10,13,32H,11-12H2,(H,29,30)(H,27,28,31,33). The number of nitrogens with one attached hydrogen (secondary N) is 3. The summed E-state index contributed by atoms with van der Waals surface area (Å²) in [5.41, 5.74) is 4.50. The van der Waals surface area contributed by atoms with Crippen molar-refractivity contribution in [1.29, 1.82) is 0 Å². The molecule has 1 fully saturated rings. The Morgan fingerprint density at radius 3 is 2.54 bits per heavy atom. The van der Waals surface area contributed by atoms with Crippen molar-refractivity contribution in [2.75, 3.05) is 18.4 Å². The summed E-state index contributed by atoms with van der Waals surface area (Å²) in [4.78, 5) is 29.6. The molecule has 3 aromatic heterocycles. The number of rotatable bonds is 5. The predicted octanol–water partition coefficient (Wildman–Crippen LogP) is 4.24. The molecule has 9 nitrogen and oxygen atoms in total. The first-order valence-corrected chi connectivity index (χ1v) is 10.8. The van der Waals surface area contributed by atoms with E-state index < -0.39 is 24.9 Å². The number of hydrogen-bond acceptors (Lipinski definition) is 6. The lowest BCUT2D eigenvalue weighted by atomic mass is 10.1. The van der Waals surface area contributed by atoms with E-state index in [9.17, 15) is 13.6 Å². The van der Waals surface area contributed by atoms with Crippen molar-refractivity contribution in [3.05, 3.63) is 72.9 Å². The number of H-pyrrole nitrogens is 2. The van der Waals surface area contributed by atoms with Crippen molar-refractivity contribution in [2.45, 2.75) is 5.92 Å². The number of carbonyl (C=O) groups is 1. The van der Waals surface area contributed by atoms with Gasteiger partial charge in [-0.2, -0.15) is 10.1 Å². The molecule has 1 aliphatic rings. The molecule has 3 N–H and O–H groups in total. The number of nitrogens with zero attached hydrogens (tertiary/aromatic N) is 5. The molecule has 0 aliphatic carbocycles. The van der Waals surface area contributed by atoms with Crippen LogP contribution in [0.2, 0.25) is 0 Å². The lowest BCUT2D eigenvalue weighted by molar-refractivity contribution is -0.113. The van der Waals surface area contributed by atoms with Crippen molar-refractivity contribution in [2.24, 2.45) is 0 Å². The van der Waals surface area contributed by atoms with Crippen LogP contribution in [0.1, 0.15) is 10.5 Å². The van der Waals surface area contributed by atoms with E-state index in [-0.39, 0.29) is 5.69 Å². The summed E-state index contributed by atoms with van der Waals surface area (Å²) in [5.74, 6) is -2.42. The predicted molar refractivity (Wildman–Crippen MR) is 125 cm³/mol. The summed E-state index contributed by atoms with van der Waals surface area (Å²) in [6.07, 6.45) is 5.00. The van der Waals surface area contributed by atoms with E-state index in [0.717, 1.165) is 32.7 Å². The second-order valence-electron chi connectivity index (χ2n) is 8.32. The lowest BCUT2D eigenvalue weighted by Crippen LogP contribution is -2.58. The van der Waals surface area contributed by atoms with Gasteiger partial charge in [-0.05, 0) is 29.8 Å². The summed E-state index contributed by atoms with van der Waals surface area (Å²) in [6, 6.07) is 14.9. The van der Waals surface area contributed by atoms with E-state index in [2.05, 4.69) is 35.5 Å². The maximum Gasteiger partial charge on any atom is 0.282 e. The minimum Gasteiger partial charge on any atom is -0.351 e. The first kappa shape index (κ1) is 20.9. The zero-order valence-corrected chi connectivity index (χ0v) is 18.2. The zero-order chi connectivity index (χ0) is 24.0. The Morgan fingerprint density at radius 2 is 1.80 bits per heavy atom. The Hall–Kier alpha value is -4.67. The molecule has 1 aliphatic heterocycles. The molecule has 1 amide bonds. The average Bonchev–Trinajstić information content (AvgIpc) is 3.52. The van der Waals surface area contributed by atoms with Crippen LogP contribution in [-0.4, -0.2) is 60.0 Å². The van der Waals surface area contributed by atoms with Gasteiger partial charge in [0.05, 0.1) is 19.3 Å². The fourth-order valence-corrected chi connectivity index (χ4v) is 3.99. The summed E-state index contributed by atoms with van der Waals surface area (Å²) in [5, 5.41) is 10.7. The fourth-order valence-electron chi connectivity index (χ4n) is 3.99. The maximum absolute atomic E-state index is 13.1. The molecule has 1 saturated heterocycles. The smallest absolute Gasteiger partial charge is 0.282 e. The van der Waals surface area contributed by atoms with Gasteiger partial charge >= 0.3 is 0 Å². The minimum atomic E-state index is -2.80. The fraction of sp³-hybridized carbons (Fsp3) is 0.125. The highest BCUT2D eigenvalue weighted by Gasteiger charge is 2.46. The molecule has 5 aromatic rings. The van der Waals surface area contributed by atoms with E-state index in [1.165, 1.54) is 6.33 Å². The Morgan fingerprint density at radius 1 is 1.00 bits per heavy atom. The Labute approximate surface area is 197 Å². The molecule has 11 heteroatoms. The summed E-state index contributed by atoms with van der Waals surface area (Å²) < 4.78 is 26.2. The molecule has 35 heavy (non-hydrogen) atoms. The number of anilines is 2. The number of amides is 1. The molecular weight excluding hydrogens is 454 g/mol. The maximum atomic E-state index is 13.1. The highest BCUT2D eigenvalue weighted by molar-refractivity contribution is 5.99. The molecule has 0 saturated carbocycles. The topological polar surface area (TPSA) is 115 Å². The summed E-state index contributed by atoms with van der Waals surface area (Å²) >= 11 is 0. The number of aromatic amines is 2. The van der Waals surface area contributed by atoms with Crippen LogP contribution >= 0.6 is 0 Å². The number of halogens is 2. The van der Waals surface area contributed by atoms with Gasteiger partial charge in [0.1, 0.15) is 12.0 Å². The van der Waals surface area contributed by atoms with Crippen molar-refractivity contribution < 1.29 is 13.6 Å². The molecule has 6 rings (SSSR count). The zero-order valence-electron chi connectivity index (χ0n) is 18.2. The van der Waals surface area contributed by atoms with Crippen LogP contribution in [0.5, 0.6) is 0 Å². The van der Waals surface area contributed by atoms with E-state index in [0.29, 0.717) is 17.3 Å². The van der Waals surface area contributed by atoms with Gasteiger partial charge in [0.25, 0.3) is 11.8 Å². The van der Waals surface area contributed by atoms with Gasteiger partial charge in [-0.15, -0.1) is 0 Å². The number of hydrogen-bond donors (Lipinski definition) is 3. The Balaban J connectivity index is 1.21. The third kappa shape index (κ3) is 4.07. The van der Waals surface area contributed by atoms with E-state index in [1.807, 2.05) is 48.7 Å². The van der Waals surface area contributed by atoms with Crippen LogP contribution in [0.3, 0.4) is 0 Å². The van der Waals surface area contributed by atoms with Gasteiger partial charge in [0.2, 0.25) is 5.95 Å². The van der Waals surface area contributed by atoms with Crippen LogP contribution < -0.4 is 5.32 Å². The highest BCUT2D eigenvalue weighted by Crippen LogP contribution is 2.29. The average molecular weight is 472 g/mol. The number of benzene rings is 2. The third-order valence-electron chi connectivity index (χ3n) is 5.79. The van der Waals surface area contributed by atoms with Crippen molar-refractivity contribution in [3.63, 3.8) is 0 Å². The van der Waals surface area contributed by atoms with Crippen molar-refractivity contribution in [1.82, 2.24) is 35.0 Å². The van der Waals surface area contributed by atoms with Gasteiger partial charge in [0, 0.05) is 33.9 Å². The first-order valence-electron chi connectivity index (χ1n) is 10.8. The Kier molecular flexibility index (Phi) is 4.76. The van der Waals surface area contributed by atoms with Gasteiger partial charge in [0.15, 0.2) is 5.82 Å². The van der Waals surface area contributed by atoms with Crippen molar-refractivity contribution in [3.8, 4) is 22.5 Å². The minimum absolute atomic E-state index is 0.268. The second-order valence-corrected chi connectivity index (χ2v) is 8.32. The number of carbonyl (C=O) groups excluding carboxylic acids is 1. The summed E-state index contributed by atoms with van der Waals surface area (Å²) in [6.45, 7) is -1.11. The largest absolute Gasteiger partial charge is 0.351 e. The lowest BCUT2D eigenvalue weighted by Gasteiger charge is -2.38. The number of likely N-dealkylation sites (tertiary alicyclic amines) is 1. The third-order valence-corrected chi connectivity index (χ3v) is 5.79. The van der Waals surface area contributed by atoms with E-state index in [1.54, 1.807) is 12.3 Å². The quantitative estimate of drug-likeness (QED) is 0.352. The first-order chi connectivity index (χ1) is 16.9. The Bertz CT molecular complexity index is 1520. The van der Waals surface area contributed by atoms with E-state index in [4.69, 9.17) is 0 Å². The van der Waals surface area contributed by atoms with Gasteiger partial charge < -0.3 is 15.2 Å². The van der Waals surface area contributed by atoms with Crippen LogP contribution in [0.25, 0.3) is 33.4 Å². The molecule has 0 atom stereocenters. The molecular formula is C24H18F2N8O. The van der Waals surface area contributed by atoms with Gasteiger partial charge in [-0.25, -0.2) is 18.7 Å². The second kappa shape index (κ2) is 7.97. The summed E-state index contributed by atoms with van der Waals surface area (Å²) in [7, 11) is 0. The van der Waals surface area contributed by atoms with Crippen LogP contribution in [-0.2, 0) is 0 Å². The molecule has 174 valence electrons. The van der Waals surface area contributed by atoms with Crippen LogP contribution in [0, 0.1) is 0 Å². The molecule has 0 spiro atoms. The highest BCUT2D eigenvalue weighted by atomic mass is 19.3. The SMILES string of the molecule is O=C(c1cc2ccc(-c3ncnc(Nc4ccc(-c5cn[nH]c5)cc4)n3)cc2[nH]1)N1CC(F)(F)C1. The molecule has 2 aromatic carbocycles. The molecule has 0 bridgehead atoms. The monoisotopic (exact) mass is 472 g/mol. The van der Waals surface area contributed by atoms with Gasteiger partial charge in [-0.1, -0.05) is 24.3 Å². The molecule has 0 radical (unpaired) electrons. The normalized spacial score (nSPS) is 14.6.